The summed E-state index contributed by atoms with van der Waals surface area (Å²) >= 11 is 5.27. The van der Waals surface area contributed by atoms with Gasteiger partial charge in [0, 0.05) is 45.1 Å². The predicted molar refractivity (Wildman–Crippen MR) is 93.5 cm³/mol. The number of aryl methyl sites for hydroxylation is 1. The quantitative estimate of drug-likeness (QED) is 0.614. The third-order valence-electron chi connectivity index (χ3n) is 3.56. The Morgan fingerprint density at radius 1 is 1.32 bits per heavy atom. The molecule has 22 heavy (non-hydrogen) atoms. The zero-order valence-electron chi connectivity index (χ0n) is 13.4. The van der Waals surface area contributed by atoms with Gasteiger partial charge in [-0.1, -0.05) is 0 Å². The van der Waals surface area contributed by atoms with Crippen LogP contribution in [0.5, 0.6) is 0 Å². The van der Waals surface area contributed by atoms with Crippen molar-refractivity contribution in [2.75, 3.05) is 43.6 Å². The molecule has 0 atom stereocenters. The second-order valence-corrected chi connectivity index (χ2v) is 5.87. The molecule has 0 amide bonds. The molecule has 1 aromatic rings. The van der Waals surface area contributed by atoms with Crippen LogP contribution in [0, 0.1) is 6.92 Å². The average molecular weight is 323 g/mol. The van der Waals surface area contributed by atoms with E-state index in [1.807, 2.05) is 13.0 Å². The van der Waals surface area contributed by atoms with E-state index in [4.69, 9.17) is 17.0 Å². The molecule has 2 N–H and O–H groups in total. The Hall–Kier alpha value is -1.47. The molecule has 2 heterocycles. The van der Waals surface area contributed by atoms with Gasteiger partial charge in [0.1, 0.15) is 5.82 Å². The molecular formula is C15H25N5OS. The Kier molecular flexibility index (Phi) is 6.79. The minimum absolute atomic E-state index is 0.547. The minimum Gasteiger partial charge on any atom is -0.385 e. The largest absolute Gasteiger partial charge is 0.385 e. The van der Waals surface area contributed by atoms with Crippen molar-refractivity contribution in [1.82, 2.24) is 15.3 Å². The summed E-state index contributed by atoms with van der Waals surface area (Å²) < 4.78 is 5.01. The maximum Gasteiger partial charge on any atom is 0.231 e. The van der Waals surface area contributed by atoms with E-state index in [-0.39, 0.29) is 0 Å². The van der Waals surface area contributed by atoms with Crippen molar-refractivity contribution in [3.63, 3.8) is 0 Å². The summed E-state index contributed by atoms with van der Waals surface area (Å²) in [5.74, 6) is 1.54. The van der Waals surface area contributed by atoms with Gasteiger partial charge in [0.25, 0.3) is 0 Å². The van der Waals surface area contributed by atoms with Gasteiger partial charge in [0.2, 0.25) is 5.95 Å². The monoisotopic (exact) mass is 323 g/mol. The van der Waals surface area contributed by atoms with E-state index in [2.05, 4.69) is 25.5 Å². The first kappa shape index (κ1) is 16.9. The molecule has 0 aliphatic carbocycles. The summed E-state index contributed by atoms with van der Waals surface area (Å²) in [4.78, 5) is 11.3. The van der Waals surface area contributed by atoms with Crippen molar-refractivity contribution in [2.45, 2.75) is 32.6 Å². The summed E-state index contributed by atoms with van der Waals surface area (Å²) in [6, 6.07) is 2.03. The summed E-state index contributed by atoms with van der Waals surface area (Å²) in [5, 5.41) is 6.75. The molecule has 1 fully saturated rings. The summed E-state index contributed by atoms with van der Waals surface area (Å²) in [6.45, 7) is 5.60. The third-order valence-corrected chi connectivity index (χ3v) is 3.80. The molecular weight excluding hydrogens is 298 g/mol. The molecule has 0 saturated carbocycles. The SMILES string of the molecule is COCCCNC(=S)Nc1nc(C)cc(N2CCCCC2)n1. The highest BCUT2D eigenvalue weighted by Crippen LogP contribution is 2.19. The van der Waals surface area contributed by atoms with Crippen molar-refractivity contribution in [3.8, 4) is 0 Å². The Labute approximate surface area is 137 Å². The van der Waals surface area contributed by atoms with Crippen LogP contribution in [0.15, 0.2) is 6.07 Å². The number of anilines is 2. The summed E-state index contributed by atoms with van der Waals surface area (Å²) in [7, 11) is 1.69. The number of nitrogens with zero attached hydrogens (tertiary/aromatic N) is 3. The zero-order valence-corrected chi connectivity index (χ0v) is 14.2. The molecule has 0 spiro atoms. The fraction of sp³-hybridized carbons (Fsp3) is 0.667. The van der Waals surface area contributed by atoms with Crippen molar-refractivity contribution < 1.29 is 4.74 Å². The first-order valence-electron chi connectivity index (χ1n) is 7.83. The van der Waals surface area contributed by atoms with E-state index in [0.29, 0.717) is 11.1 Å². The first-order valence-corrected chi connectivity index (χ1v) is 8.24. The van der Waals surface area contributed by atoms with Crippen molar-refractivity contribution >= 4 is 29.1 Å². The zero-order chi connectivity index (χ0) is 15.8. The van der Waals surface area contributed by atoms with Crippen LogP contribution in [-0.4, -0.2) is 48.4 Å². The number of hydrogen-bond acceptors (Lipinski definition) is 5. The number of nitrogens with one attached hydrogen (secondary N) is 2. The van der Waals surface area contributed by atoms with E-state index in [1.54, 1.807) is 7.11 Å². The smallest absolute Gasteiger partial charge is 0.231 e. The van der Waals surface area contributed by atoms with Crippen molar-refractivity contribution in [3.05, 3.63) is 11.8 Å². The number of ether oxygens (including phenoxy) is 1. The van der Waals surface area contributed by atoms with E-state index >= 15 is 0 Å². The van der Waals surface area contributed by atoms with Crippen molar-refractivity contribution in [1.29, 1.82) is 0 Å². The van der Waals surface area contributed by atoms with Crippen LogP contribution in [-0.2, 0) is 4.74 Å². The highest BCUT2D eigenvalue weighted by Gasteiger charge is 2.14. The third kappa shape index (κ3) is 5.38. The molecule has 7 heteroatoms. The second-order valence-electron chi connectivity index (χ2n) is 5.47. The number of rotatable bonds is 6. The molecule has 0 aromatic carbocycles. The molecule has 0 radical (unpaired) electrons. The maximum absolute atomic E-state index is 5.27. The van der Waals surface area contributed by atoms with E-state index in [9.17, 15) is 0 Å². The topological polar surface area (TPSA) is 62.3 Å². The highest BCUT2D eigenvalue weighted by molar-refractivity contribution is 7.80. The van der Waals surface area contributed by atoms with Gasteiger partial charge in [-0.15, -0.1) is 0 Å². The lowest BCUT2D eigenvalue weighted by Gasteiger charge is -2.28. The maximum atomic E-state index is 5.27. The minimum atomic E-state index is 0.547. The number of methoxy groups -OCH3 is 1. The normalized spacial score (nSPS) is 14.7. The van der Waals surface area contributed by atoms with Crippen LogP contribution in [0.1, 0.15) is 31.4 Å². The van der Waals surface area contributed by atoms with Crippen LogP contribution in [0.4, 0.5) is 11.8 Å². The molecule has 1 aliphatic rings. The van der Waals surface area contributed by atoms with E-state index in [0.717, 1.165) is 44.2 Å². The number of piperidine rings is 1. The lowest BCUT2D eigenvalue weighted by Crippen LogP contribution is -2.32. The Morgan fingerprint density at radius 2 is 2.09 bits per heavy atom. The average Bonchev–Trinajstić information content (AvgIpc) is 2.52. The van der Waals surface area contributed by atoms with Gasteiger partial charge in [-0.2, -0.15) is 4.98 Å². The molecule has 1 aromatic heterocycles. The summed E-state index contributed by atoms with van der Waals surface area (Å²) in [5.41, 5.74) is 0.945. The van der Waals surface area contributed by atoms with Gasteiger partial charge >= 0.3 is 0 Å². The summed E-state index contributed by atoms with van der Waals surface area (Å²) in [6.07, 6.45) is 4.67. The Bertz CT molecular complexity index is 491. The lowest BCUT2D eigenvalue weighted by atomic mass is 10.1. The van der Waals surface area contributed by atoms with E-state index in [1.165, 1.54) is 19.3 Å². The second kappa shape index (κ2) is 8.85. The lowest BCUT2D eigenvalue weighted by molar-refractivity contribution is 0.196. The standard InChI is InChI=1S/C15H25N5OS/c1-12-11-13(20-8-4-3-5-9-20)18-14(17-12)19-15(22)16-7-6-10-21-2/h11H,3-10H2,1-2H3,(H2,16,17,18,19,22). The molecule has 0 unspecified atom stereocenters. The fourth-order valence-electron chi connectivity index (χ4n) is 2.46. The predicted octanol–water partition coefficient (Wildman–Crippen LogP) is 2.10. The van der Waals surface area contributed by atoms with Crippen LogP contribution < -0.4 is 15.5 Å². The Balaban J connectivity index is 1.92. The number of hydrogen-bond donors (Lipinski definition) is 2. The number of aromatic nitrogens is 2. The van der Waals surface area contributed by atoms with Crippen LogP contribution in [0.2, 0.25) is 0 Å². The fourth-order valence-corrected chi connectivity index (χ4v) is 2.65. The van der Waals surface area contributed by atoms with Gasteiger partial charge in [-0.3, -0.25) is 0 Å². The molecule has 1 saturated heterocycles. The molecule has 6 nitrogen and oxygen atoms in total. The number of thiocarbonyl (C=S) groups is 1. The van der Waals surface area contributed by atoms with Gasteiger partial charge < -0.3 is 20.3 Å². The molecule has 122 valence electrons. The van der Waals surface area contributed by atoms with Gasteiger partial charge in [0.05, 0.1) is 0 Å². The first-order chi connectivity index (χ1) is 10.7. The van der Waals surface area contributed by atoms with E-state index < -0.39 is 0 Å². The van der Waals surface area contributed by atoms with Crippen LogP contribution in [0.3, 0.4) is 0 Å². The van der Waals surface area contributed by atoms with Gasteiger partial charge in [-0.05, 0) is 44.8 Å². The Morgan fingerprint density at radius 3 is 2.82 bits per heavy atom. The van der Waals surface area contributed by atoms with Crippen LogP contribution in [0.25, 0.3) is 0 Å². The van der Waals surface area contributed by atoms with Gasteiger partial charge in [0.15, 0.2) is 5.11 Å². The van der Waals surface area contributed by atoms with Gasteiger partial charge in [-0.25, -0.2) is 4.98 Å². The van der Waals surface area contributed by atoms with Crippen LogP contribution >= 0.6 is 12.2 Å². The van der Waals surface area contributed by atoms with Crippen molar-refractivity contribution in [2.24, 2.45) is 0 Å². The molecule has 1 aliphatic heterocycles. The molecule has 0 bridgehead atoms. The highest BCUT2D eigenvalue weighted by atomic mass is 32.1. The molecule has 2 rings (SSSR count).